The van der Waals surface area contributed by atoms with Gasteiger partial charge < -0.3 is 14.0 Å². The Morgan fingerprint density at radius 1 is 0.973 bits per heavy atom. The number of carbonyl (C=O) groups excluding carboxylic acids is 2. The van der Waals surface area contributed by atoms with Gasteiger partial charge in [0.25, 0.3) is 5.91 Å². The van der Waals surface area contributed by atoms with Gasteiger partial charge in [0.15, 0.2) is 5.78 Å². The molecular formula is C28H24Cl2N4O2S. The fourth-order valence-corrected chi connectivity index (χ4v) is 5.66. The molecule has 0 unspecified atom stereocenters. The third-order valence-electron chi connectivity index (χ3n) is 6.43. The zero-order valence-corrected chi connectivity index (χ0v) is 22.4. The Labute approximate surface area is 227 Å². The van der Waals surface area contributed by atoms with Gasteiger partial charge in [0.2, 0.25) is 5.62 Å². The van der Waals surface area contributed by atoms with E-state index in [1.54, 1.807) is 58.2 Å². The highest BCUT2D eigenvalue weighted by molar-refractivity contribution is 7.17. The average Bonchev–Trinajstić information content (AvgIpc) is 3.47. The van der Waals surface area contributed by atoms with Crippen LogP contribution in [0.3, 0.4) is 0 Å². The first-order chi connectivity index (χ1) is 17.8. The van der Waals surface area contributed by atoms with Crippen molar-refractivity contribution in [2.24, 2.45) is 0 Å². The Morgan fingerprint density at radius 3 is 2.51 bits per heavy atom. The molecule has 0 spiro atoms. The van der Waals surface area contributed by atoms with E-state index in [9.17, 15) is 9.59 Å². The molecule has 0 fully saturated rings. The Hall–Kier alpha value is -3.39. The molecule has 0 atom stereocenters. The van der Waals surface area contributed by atoms with E-state index in [2.05, 4.69) is 0 Å². The van der Waals surface area contributed by atoms with Gasteiger partial charge in [0, 0.05) is 41.0 Å². The summed E-state index contributed by atoms with van der Waals surface area (Å²) in [4.78, 5) is 27.6. The summed E-state index contributed by atoms with van der Waals surface area (Å²) in [5.41, 5.74) is 2.79. The molecule has 0 bridgehead atoms. The second-order valence-corrected chi connectivity index (χ2v) is 10.6. The highest BCUT2D eigenvalue weighted by atomic mass is 35.5. The molecule has 0 aliphatic heterocycles. The second kappa shape index (κ2) is 10.5. The van der Waals surface area contributed by atoms with Crippen LogP contribution >= 0.6 is 34.5 Å². The summed E-state index contributed by atoms with van der Waals surface area (Å²) in [6.07, 6.45) is 0.620. The molecule has 37 heavy (non-hydrogen) atoms. The van der Waals surface area contributed by atoms with E-state index in [1.807, 2.05) is 46.3 Å². The number of thiophene rings is 1. The molecule has 9 heteroatoms. The number of hydrogen-bond donors (Lipinski definition) is 1. The maximum Gasteiger partial charge on any atom is 0.253 e. The van der Waals surface area contributed by atoms with Crippen LogP contribution in [0.2, 0.25) is 10.0 Å². The molecule has 1 amide bonds. The first-order valence-corrected chi connectivity index (χ1v) is 13.4. The monoisotopic (exact) mass is 550 g/mol. The molecule has 2 aromatic heterocycles. The van der Waals surface area contributed by atoms with E-state index in [1.165, 1.54) is 0 Å². The summed E-state index contributed by atoms with van der Waals surface area (Å²) in [6.45, 7) is 0.990. The lowest BCUT2D eigenvalue weighted by Crippen LogP contribution is -2.30. The molecule has 0 radical (unpaired) electrons. The van der Waals surface area contributed by atoms with Gasteiger partial charge in [0.1, 0.15) is 0 Å². The SMILES string of the molecule is CN(CCCn1c(=N)n(CC(=O)c2ccc(Cl)cc2)c2cccc(Cl)c21)C(=O)c1ccc2sccc2c1. The van der Waals surface area contributed by atoms with E-state index in [0.29, 0.717) is 51.7 Å². The lowest BCUT2D eigenvalue weighted by atomic mass is 10.1. The number of para-hydroxylation sites is 1. The van der Waals surface area contributed by atoms with Crippen molar-refractivity contribution in [3.63, 3.8) is 0 Å². The molecule has 0 aliphatic rings. The number of halogens is 2. The average molecular weight is 551 g/mol. The van der Waals surface area contributed by atoms with Gasteiger partial charge in [-0.25, -0.2) is 0 Å². The van der Waals surface area contributed by atoms with Crippen LogP contribution in [-0.2, 0) is 13.1 Å². The van der Waals surface area contributed by atoms with Gasteiger partial charge in [-0.3, -0.25) is 15.0 Å². The molecule has 0 saturated carbocycles. The first-order valence-electron chi connectivity index (χ1n) is 11.8. The molecule has 1 N–H and O–H groups in total. The number of carbonyl (C=O) groups is 2. The molecule has 5 rings (SSSR count). The Balaban J connectivity index is 1.34. The molecule has 5 aromatic rings. The van der Waals surface area contributed by atoms with E-state index >= 15 is 0 Å². The standard InChI is InChI=1S/C28H24Cl2N4O2S/c1-32(27(36)20-8-11-25-19(16-20)12-15-37-25)13-3-14-33-26-22(30)4-2-5-23(26)34(28(33)31)17-24(35)18-6-9-21(29)10-7-18/h2,4-12,15-16,31H,3,13-14,17H2,1H3. The predicted octanol–water partition coefficient (Wildman–Crippen LogP) is 6.49. The van der Waals surface area contributed by atoms with Crippen LogP contribution in [0.15, 0.2) is 72.1 Å². The number of nitrogens with one attached hydrogen (secondary N) is 1. The van der Waals surface area contributed by atoms with Crippen molar-refractivity contribution in [2.45, 2.75) is 19.5 Å². The van der Waals surface area contributed by atoms with Crippen molar-refractivity contribution in [3.05, 3.63) is 98.9 Å². The molecule has 3 aromatic carbocycles. The van der Waals surface area contributed by atoms with Crippen molar-refractivity contribution in [2.75, 3.05) is 13.6 Å². The van der Waals surface area contributed by atoms with Crippen molar-refractivity contribution >= 4 is 67.3 Å². The van der Waals surface area contributed by atoms with Crippen LogP contribution in [0, 0.1) is 5.41 Å². The number of ketones is 1. The van der Waals surface area contributed by atoms with E-state index in [4.69, 9.17) is 28.6 Å². The van der Waals surface area contributed by atoms with Crippen LogP contribution in [0.1, 0.15) is 27.1 Å². The highest BCUT2D eigenvalue weighted by Gasteiger charge is 2.18. The van der Waals surface area contributed by atoms with Gasteiger partial charge in [-0.15, -0.1) is 11.3 Å². The maximum absolute atomic E-state index is 13.0. The van der Waals surface area contributed by atoms with Crippen molar-refractivity contribution < 1.29 is 9.59 Å². The molecule has 2 heterocycles. The fourth-order valence-electron chi connectivity index (χ4n) is 4.49. The molecule has 0 aliphatic carbocycles. The minimum Gasteiger partial charge on any atom is -0.342 e. The molecule has 188 valence electrons. The van der Waals surface area contributed by atoms with Gasteiger partial charge in [-0.1, -0.05) is 29.3 Å². The zero-order valence-electron chi connectivity index (χ0n) is 20.1. The van der Waals surface area contributed by atoms with Gasteiger partial charge in [0.05, 0.1) is 22.6 Å². The number of rotatable bonds is 8. The minimum absolute atomic E-state index is 0.00770. The van der Waals surface area contributed by atoms with Gasteiger partial charge >= 0.3 is 0 Å². The lowest BCUT2D eigenvalue weighted by molar-refractivity contribution is 0.0791. The normalized spacial score (nSPS) is 11.3. The minimum atomic E-state index is -0.123. The van der Waals surface area contributed by atoms with Gasteiger partial charge in [-0.2, -0.15) is 0 Å². The number of nitrogens with zero attached hydrogens (tertiary/aromatic N) is 3. The van der Waals surface area contributed by atoms with Crippen LogP contribution < -0.4 is 5.62 Å². The topological polar surface area (TPSA) is 71.1 Å². The summed E-state index contributed by atoms with van der Waals surface area (Å²) in [5.74, 6) is -0.166. The number of Topliss-reactive ketones (excluding diaryl/α,β-unsaturated/α-hetero) is 1. The van der Waals surface area contributed by atoms with Gasteiger partial charge in [-0.05, 0) is 77.9 Å². The van der Waals surface area contributed by atoms with Crippen LogP contribution in [0.5, 0.6) is 0 Å². The van der Waals surface area contributed by atoms with Crippen molar-refractivity contribution in [1.82, 2.24) is 14.0 Å². The predicted molar refractivity (Wildman–Crippen MR) is 150 cm³/mol. The quantitative estimate of drug-likeness (QED) is 0.224. The maximum atomic E-state index is 13.0. The Morgan fingerprint density at radius 2 is 1.73 bits per heavy atom. The summed E-state index contributed by atoms with van der Waals surface area (Å²) >= 11 is 14.2. The first kappa shape index (κ1) is 25.3. The number of benzene rings is 3. The lowest BCUT2D eigenvalue weighted by Gasteiger charge is -2.17. The number of aryl methyl sites for hydroxylation is 1. The van der Waals surface area contributed by atoms with E-state index in [0.717, 1.165) is 10.1 Å². The van der Waals surface area contributed by atoms with Crippen molar-refractivity contribution in [3.8, 4) is 0 Å². The Kier molecular flexibility index (Phi) is 7.20. The van der Waals surface area contributed by atoms with Crippen LogP contribution in [0.25, 0.3) is 21.1 Å². The zero-order chi connectivity index (χ0) is 26.1. The molecule has 0 saturated heterocycles. The highest BCUT2D eigenvalue weighted by Crippen LogP contribution is 2.24. The van der Waals surface area contributed by atoms with E-state index < -0.39 is 0 Å². The number of imidazole rings is 1. The summed E-state index contributed by atoms with van der Waals surface area (Å²) in [6, 6.07) is 20.0. The van der Waals surface area contributed by atoms with Crippen LogP contribution in [0.4, 0.5) is 0 Å². The second-order valence-electron chi connectivity index (χ2n) is 8.85. The molecule has 6 nitrogen and oxygen atoms in total. The third-order valence-corrected chi connectivity index (χ3v) is 7.88. The number of amides is 1. The summed E-state index contributed by atoms with van der Waals surface area (Å²) < 4.78 is 4.63. The fraction of sp³-hybridized carbons (Fsp3) is 0.179. The number of aromatic nitrogens is 2. The van der Waals surface area contributed by atoms with E-state index in [-0.39, 0.29) is 23.9 Å². The largest absolute Gasteiger partial charge is 0.342 e. The third kappa shape index (κ3) is 5.07. The van der Waals surface area contributed by atoms with Crippen molar-refractivity contribution in [1.29, 1.82) is 5.41 Å². The summed E-state index contributed by atoms with van der Waals surface area (Å²) in [7, 11) is 1.79. The molecular weight excluding hydrogens is 527 g/mol. The van der Waals surface area contributed by atoms with Crippen LogP contribution in [-0.4, -0.2) is 39.3 Å². The number of fused-ring (bicyclic) bond motifs is 2. The summed E-state index contributed by atoms with van der Waals surface area (Å²) in [5, 5.41) is 13.0. The smallest absolute Gasteiger partial charge is 0.253 e. The number of hydrogen-bond acceptors (Lipinski definition) is 4. The Bertz CT molecular complexity index is 1680.